The van der Waals surface area contributed by atoms with Crippen molar-refractivity contribution in [2.75, 3.05) is 0 Å². The van der Waals surface area contributed by atoms with Crippen LogP contribution in [0.4, 0.5) is 0 Å². The molecule has 0 bridgehead atoms. The zero-order valence-electron chi connectivity index (χ0n) is 18.6. The van der Waals surface area contributed by atoms with Crippen molar-refractivity contribution in [1.82, 2.24) is 0 Å². The molecule has 0 spiro atoms. The van der Waals surface area contributed by atoms with Gasteiger partial charge in [-0.15, -0.1) is 0 Å². The van der Waals surface area contributed by atoms with Crippen molar-refractivity contribution < 1.29 is 92.5 Å². The molecular formula is H8Al2Ba2Mg2O9Si3Zn2. The molecule has 0 rings (SSSR count). The van der Waals surface area contributed by atoms with Crippen LogP contribution in [0.3, 0.4) is 0 Å². The van der Waals surface area contributed by atoms with E-state index in [1.165, 1.54) is 0 Å². The van der Waals surface area contributed by atoms with Gasteiger partial charge in [-0.05, 0) is 0 Å². The smallest absolute Gasteiger partial charge is 1.00 e. The molecule has 0 unspecified atom stereocenters. The van der Waals surface area contributed by atoms with E-state index in [-0.39, 0.29) is 229 Å². The molecule has 0 saturated carbocycles. The maximum absolute atomic E-state index is 8.52. The second kappa shape index (κ2) is 64.1. The van der Waals surface area contributed by atoms with Crippen LogP contribution in [0.5, 0.6) is 0 Å². The topological polar surface area (TPSA) is 190 Å². The molecule has 9 nitrogen and oxygen atoms in total. The van der Waals surface area contributed by atoms with Crippen molar-refractivity contribution in [2.24, 2.45) is 0 Å². The molecule has 0 radical (unpaired) electrons. The van der Waals surface area contributed by atoms with Gasteiger partial charge in [-0.25, -0.2) is 0 Å². The first-order valence-electron chi connectivity index (χ1n) is 1.84. The molecule has 0 aromatic carbocycles. The van der Waals surface area contributed by atoms with Crippen LogP contribution in [0, 0.1) is 0 Å². The predicted molar refractivity (Wildman–Crippen MR) is 62.7 cm³/mol. The van der Waals surface area contributed by atoms with Gasteiger partial charge in [0.1, 0.15) is 0 Å². The van der Waals surface area contributed by atoms with Crippen molar-refractivity contribution in [3.63, 3.8) is 0 Å². The Bertz CT molecular complexity index is 167. The maximum atomic E-state index is 8.52. The third-order valence-electron chi connectivity index (χ3n) is 0. The largest absolute Gasteiger partial charge is 3.00 e. The monoisotopic (exact) mass is 742 g/mol. The van der Waals surface area contributed by atoms with Crippen LogP contribution >= 0.6 is 0 Å². The predicted octanol–water partition coefficient (Wildman–Crippen LogP) is -10.0. The molecule has 20 heavy (non-hydrogen) atoms. The molecule has 92 valence electrons. The van der Waals surface area contributed by atoms with E-state index < -0.39 is 27.5 Å². The van der Waals surface area contributed by atoms with Crippen LogP contribution in [0.2, 0.25) is 0 Å². The van der Waals surface area contributed by atoms with Gasteiger partial charge in [0.05, 0.1) is 0 Å². The Balaban J connectivity index is -0.00000000199. The second-order valence-corrected chi connectivity index (χ2v) is 2.25. The van der Waals surface area contributed by atoms with Gasteiger partial charge in [0, 0.05) is 66.5 Å². The standard InChI is InChI=1S/2Al.2Ba.2Mg.3O3Si.2Zn.8H/c;;;;;;3*1-4(2)3;;;;;;;;;;/q2*+3;4*+2;3*-2;;;8*-1. The van der Waals surface area contributed by atoms with Gasteiger partial charge in [0.15, 0.2) is 0 Å². The van der Waals surface area contributed by atoms with Crippen LogP contribution in [0.25, 0.3) is 0 Å². The summed E-state index contributed by atoms with van der Waals surface area (Å²) in [6.07, 6.45) is 0. The van der Waals surface area contributed by atoms with Gasteiger partial charge in [-0.1, -0.05) is 0 Å². The van der Waals surface area contributed by atoms with Gasteiger partial charge in [-0.3, -0.25) is 0 Å². The summed E-state index contributed by atoms with van der Waals surface area (Å²) in [5.41, 5.74) is 0. The first-order chi connectivity index (χ1) is 5.20. The molecule has 0 aliphatic carbocycles. The molecular weight excluding hydrogens is 736 g/mol. The molecule has 0 aromatic heterocycles. The summed E-state index contributed by atoms with van der Waals surface area (Å²) >= 11 is 0. The normalized spacial score (nSPS) is 3.60. The summed E-state index contributed by atoms with van der Waals surface area (Å²) in [5, 5.41) is 0. The van der Waals surface area contributed by atoms with Crippen LogP contribution in [-0.4, -0.2) is 206 Å². The minimum atomic E-state index is -3.63. The van der Waals surface area contributed by atoms with Gasteiger partial charge >= 0.3 is 179 Å². The third-order valence-corrected chi connectivity index (χ3v) is 0. The number of hydrogen-bond acceptors (Lipinski definition) is 9. The third kappa shape index (κ3) is 365. The van der Waals surface area contributed by atoms with Gasteiger partial charge in [0.25, 0.3) is 0 Å². The maximum Gasteiger partial charge on any atom is 3.00 e. The summed E-state index contributed by atoms with van der Waals surface area (Å²) in [4.78, 5) is 51.1. The average Bonchev–Trinajstić information content (AvgIpc) is 1.54. The molecule has 0 N–H and O–H groups in total. The molecule has 0 aliphatic rings. The van der Waals surface area contributed by atoms with E-state index in [9.17, 15) is 0 Å². The Morgan fingerprint density at radius 3 is 0.550 bits per heavy atom. The van der Waals surface area contributed by atoms with Gasteiger partial charge in [0.2, 0.25) is 0 Å². The van der Waals surface area contributed by atoms with Crippen LogP contribution in [0.15, 0.2) is 0 Å². The fourth-order valence-electron chi connectivity index (χ4n) is 0. The van der Waals surface area contributed by atoms with Crippen molar-refractivity contribution >= 4 is 206 Å². The van der Waals surface area contributed by atoms with E-state index in [1.54, 1.807) is 0 Å². The van der Waals surface area contributed by atoms with Crippen LogP contribution < -0.4 is 28.8 Å². The Labute approximate surface area is 292 Å². The fourth-order valence-corrected chi connectivity index (χ4v) is 0. The van der Waals surface area contributed by atoms with E-state index in [1.807, 2.05) is 0 Å². The molecule has 0 aromatic rings. The van der Waals surface area contributed by atoms with Crippen molar-refractivity contribution in [3.8, 4) is 0 Å². The number of hydrogen-bond donors (Lipinski definition) is 0. The molecule has 0 aliphatic heterocycles. The second-order valence-electron chi connectivity index (χ2n) is 0.750. The number of rotatable bonds is 0. The zero-order chi connectivity index (χ0) is 10.7. The van der Waals surface area contributed by atoms with Crippen LogP contribution in [0.1, 0.15) is 11.4 Å². The summed E-state index contributed by atoms with van der Waals surface area (Å²) in [6.45, 7) is 0. The Morgan fingerprint density at radius 1 is 0.550 bits per heavy atom. The van der Waals surface area contributed by atoms with E-state index in [0.29, 0.717) is 0 Å². The van der Waals surface area contributed by atoms with E-state index in [0.717, 1.165) is 0 Å². The SMILES string of the molecule is O=[Si]([O-])[O-].O=[Si]([O-])[O-].O=[Si]([O-])[O-].[Al+3].[Al+3].[Ba+2].[Ba+2].[H-].[H-].[H-].[H-].[H-].[H-].[H-].[H-].[Mg+2].[Mg+2].[Zn].[Zn]. The summed E-state index contributed by atoms with van der Waals surface area (Å²) < 4.78 is 25.6. The zero-order valence-corrected chi connectivity index (χ0v) is 33.5. The molecule has 0 heterocycles. The summed E-state index contributed by atoms with van der Waals surface area (Å²) in [6, 6.07) is 0. The molecule has 0 saturated heterocycles. The Kier molecular flexibility index (Phi) is 232. The molecule has 0 amide bonds. The molecule has 0 fully saturated rings. The first kappa shape index (κ1) is 72.4. The first-order valence-corrected chi connectivity index (χ1v) is 5.51. The molecule has 0 atom stereocenters. The van der Waals surface area contributed by atoms with Crippen molar-refractivity contribution in [3.05, 3.63) is 0 Å². The van der Waals surface area contributed by atoms with Gasteiger partial charge < -0.3 is 53.6 Å². The fraction of sp³-hybridized carbons (Fsp3) is 0. The van der Waals surface area contributed by atoms with E-state index in [2.05, 4.69) is 0 Å². The Hall–Kier alpha value is 5.84. The van der Waals surface area contributed by atoms with E-state index >= 15 is 0 Å². The van der Waals surface area contributed by atoms with Gasteiger partial charge in [-0.2, -0.15) is 0 Å². The van der Waals surface area contributed by atoms with Crippen LogP contribution in [-0.2, 0) is 52.3 Å². The van der Waals surface area contributed by atoms with Crippen molar-refractivity contribution in [1.29, 1.82) is 0 Å². The quantitative estimate of drug-likeness (QED) is 0.217. The average molecular weight is 744 g/mol. The minimum absolute atomic E-state index is 0. The summed E-state index contributed by atoms with van der Waals surface area (Å²) in [5.74, 6) is 0. The Morgan fingerprint density at radius 2 is 0.550 bits per heavy atom. The molecule has 20 heteroatoms. The minimum Gasteiger partial charge on any atom is -1.00 e. The van der Waals surface area contributed by atoms with E-state index in [4.69, 9.17) is 42.2 Å². The summed E-state index contributed by atoms with van der Waals surface area (Å²) in [7, 11) is -10.9. The van der Waals surface area contributed by atoms with Crippen molar-refractivity contribution in [2.45, 2.75) is 0 Å².